The SMILES string of the molecule is O=C(Cc1c(F)cccc1F)N1CCCC1CCl. The molecule has 1 unspecified atom stereocenters. The molecule has 1 aromatic carbocycles. The van der Waals surface area contributed by atoms with Crippen LogP contribution in [0.25, 0.3) is 0 Å². The first-order valence-corrected chi connectivity index (χ1v) is 6.45. The van der Waals surface area contributed by atoms with Crippen LogP contribution in [-0.4, -0.2) is 29.3 Å². The largest absolute Gasteiger partial charge is 0.338 e. The van der Waals surface area contributed by atoms with Crippen molar-refractivity contribution in [2.75, 3.05) is 12.4 Å². The molecule has 0 spiro atoms. The number of benzene rings is 1. The fourth-order valence-corrected chi connectivity index (χ4v) is 2.60. The van der Waals surface area contributed by atoms with E-state index in [0.717, 1.165) is 25.0 Å². The summed E-state index contributed by atoms with van der Waals surface area (Å²) in [5, 5.41) is 0. The zero-order chi connectivity index (χ0) is 13.1. The van der Waals surface area contributed by atoms with Crippen LogP contribution in [0.1, 0.15) is 18.4 Å². The highest BCUT2D eigenvalue weighted by Gasteiger charge is 2.28. The van der Waals surface area contributed by atoms with E-state index in [-0.39, 0.29) is 23.9 Å². The van der Waals surface area contributed by atoms with E-state index >= 15 is 0 Å². The molecule has 0 saturated carbocycles. The fourth-order valence-electron chi connectivity index (χ4n) is 2.28. The summed E-state index contributed by atoms with van der Waals surface area (Å²) in [7, 11) is 0. The molecule has 1 aliphatic rings. The molecule has 1 saturated heterocycles. The quantitative estimate of drug-likeness (QED) is 0.776. The number of halogens is 3. The molecule has 1 fully saturated rings. The summed E-state index contributed by atoms with van der Waals surface area (Å²) in [6, 6.07) is 3.61. The van der Waals surface area contributed by atoms with E-state index < -0.39 is 11.6 Å². The van der Waals surface area contributed by atoms with Crippen molar-refractivity contribution in [1.82, 2.24) is 4.90 Å². The topological polar surface area (TPSA) is 20.3 Å². The predicted molar refractivity (Wildman–Crippen MR) is 65.5 cm³/mol. The van der Waals surface area contributed by atoms with Crippen LogP contribution in [0.3, 0.4) is 0 Å². The third kappa shape index (κ3) is 2.64. The van der Waals surface area contributed by atoms with Crippen molar-refractivity contribution in [2.24, 2.45) is 0 Å². The van der Waals surface area contributed by atoms with Crippen molar-refractivity contribution in [3.05, 3.63) is 35.4 Å². The van der Waals surface area contributed by atoms with Crippen LogP contribution in [0.5, 0.6) is 0 Å². The first-order chi connectivity index (χ1) is 8.63. The van der Waals surface area contributed by atoms with Crippen LogP contribution >= 0.6 is 11.6 Å². The Hall–Kier alpha value is -1.16. The maximum atomic E-state index is 13.4. The van der Waals surface area contributed by atoms with Gasteiger partial charge in [-0.15, -0.1) is 11.6 Å². The molecule has 0 N–H and O–H groups in total. The number of hydrogen-bond acceptors (Lipinski definition) is 1. The maximum absolute atomic E-state index is 13.4. The highest BCUT2D eigenvalue weighted by atomic mass is 35.5. The molecule has 2 nitrogen and oxygen atoms in total. The van der Waals surface area contributed by atoms with Gasteiger partial charge in [0.05, 0.1) is 6.42 Å². The van der Waals surface area contributed by atoms with Crippen LogP contribution in [0.15, 0.2) is 18.2 Å². The standard InChI is InChI=1S/C13H14ClF2NO/c14-8-9-3-2-6-17(9)13(18)7-10-11(15)4-1-5-12(10)16/h1,4-5,9H,2-3,6-8H2. The lowest BCUT2D eigenvalue weighted by atomic mass is 10.1. The lowest BCUT2D eigenvalue weighted by Crippen LogP contribution is -2.37. The molecule has 0 bridgehead atoms. The van der Waals surface area contributed by atoms with Crippen LogP contribution < -0.4 is 0 Å². The van der Waals surface area contributed by atoms with Crippen LogP contribution in [0, 0.1) is 11.6 Å². The van der Waals surface area contributed by atoms with Crippen molar-refractivity contribution in [2.45, 2.75) is 25.3 Å². The maximum Gasteiger partial charge on any atom is 0.227 e. The first-order valence-electron chi connectivity index (χ1n) is 5.92. The third-order valence-corrected chi connectivity index (χ3v) is 3.62. The molecule has 0 radical (unpaired) electrons. The van der Waals surface area contributed by atoms with Crippen molar-refractivity contribution >= 4 is 17.5 Å². The second-order valence-electron chi connectivity index (χ2n) is 4.41. The van der Waals surface area contributed by atoms with Gasteiger partial charge in [-0.25, -0.2) is 8.78 Å². The summed E-state index contributed by atoms with van der Waals surface area (Å²) < 4.78 is 26.9. The molecule has 2 rings (SSSR count). The summed E-state index contributed by atoms with van der Waals surface area (Å²) in [5.41, 5.74) is -0.164. The highest BCUT2D eigenvalue weighted by molar-refractivity contribution is 6.18. The van der Waals surface area contributed by atoms with Gasteiger partial charge in [0.1, 0.15) is 11.6 Å². The van der Waals surface area contributed by atoms with Crippen LogP contribution in [0.2, 0.25) is 0 Å². The van der Waals surface area contributed by atoms with Crippen molar-refractivity contribution in [1.29, 1.82) is 0 Å². The Morgan fingerprint density at radius 2 is 2.06 bits per heavy atom. The van der Waals surface area contributed by atoms with Crippen LogP contribution in [0.4, 0.5) is 8.78 Å². The molecule has 5 heteroatoms. The highest BCUT2D eigenvalue weighted by Crippen LogP contribution is 2.21. The summed E-state index contributed by atoms with van der Waals surface area (Å²) in [5.74, 6) is -1.25. The lowest BCUT2D eigenvalue weighted by molar-refractivity contribution is -0.131. The van der Waals surface area contributed by atoms with E-state index in [1.54, 1.807) is 4.90 Å². The monoisotopic (exact) mass is 273 g/mol. The van der Waals surface area contributed by atoms with E-state index in [0.29, 0.717) is 12.4 Å². The minimum Gasteiger partial charge on any atom is -0.338 e. The summed E-state index contributed by atoms with van der Waals surface area (Å²) in [6.07, 6.45) is 1.50. The Labute approximate surface area is 110 Å². The van der Waals surface area contributed by atoms with E-state index in [1.807, 2.05) is 0 Å². The number of likely N-dealkylation sites (tertiary alicyclic amines) is 1. The Bertz CT molecular complexity index is 432. The Morgan fingerprint density at radius 3 is 2.67 bits per heavy atom. The van der Waals surface area contributed by atoms with Gasteiger partial charge in [0.25, 0.3) is 0 Å². The molecule has 1 aliphatic heterocycles. The van der Waals surface area contributed by atoms with Gasteiger partial charge in [-0.3, -0.25) is 4.79 Å². The Morgan fingerprint density at radius 1 is 1.39 bits per heavy atom. The van der Waals surface area contributed by atoms with Gasteiger partial charge in [0, 0.05) is 24.0 Å². The normalized spacial score (nSPS) is 19.3. The molecule has 0 aromatic heterocycles. The summed E-state index contributed by atoms with van der Waals surface area (Å²) >= 11 is 5.77. The second kappa shape index (κ2) is 5.65. The van der Waals surface area contributed by atoms with Crippen LogP contribution in [-0.2, 0) is 11.2 Å². The summed E-state index contributed by atoms with van der Waals surface area (Å²) in [6.45, 7) is 0.617. The van der Waals surface area contributed by atoms with Gasteiger partial charge in [0.15, 0.2) is 0 Å². The first kappa shape index (κ1) is 13.3. The van der Waals surface area contributed by atoms with Gasteiger partial charge in [0.2, 0.25) is 5.91 Å². The molecular weight excluding hydrogens is 260 g/mol. The van der Waals surface area contributed by atoms with E-state index in [9.17, 15) is 13.6 Å². The van der Waals surface area contributed by atoms with Crippen molar-refractivity contribution < 1.29 is 13.6 Å². The van der Waals surface area contributed by atoms with Gasteiger partial charge in [-0.1, -0.05) is 6.07 Å². The molecule has 1 heterocycles. The Kier molecular flexibility index (Phi) is 4.17. The third-order valence-electron chi connectivity index (χ3n) is 3.27. The van der Waals surface area contributed by atoms with Crippen molar-refractivity contribution in [3.63, 3.8) is 0 Å². The van der Waals surface area contributed by atoms with E-state index in [2.05, 4.69) is 0 Å². The predicted octanol–water partition coefficient (Wildman–Crippen LogP) is 2.74. The van der Waals surface area contributed by atoms with Crippen molar-refractivity contribution in [3.8, 4) is 0 Å². The molecular formula is C13H14ClF2NO. The van der Waals surface area contributed by atoms with Gasteiger partial charge < -0.3 is 4.90 Å². The average Bonchev–Trinajstić information content (AvgIpc) is 2.82. The lowest BCUT2D eigenvalue weighted by Gasteiger charge is -2.23. The molecule has 0 aliphatic carbocycles. The Balaban J connectivity index is 2.12. The van der Waals surface area contributed by atoms with E-state index in [1.165, 1.54) is 6.07 Å². The fraction of sp³-hybridized carbons (Fsp3) is 0.462. The summed E-state index contributed by atoms with van der Waals surface area (Å²) in [4.78, 5) is 13.6. The number of alkyl halides is 1. The van der Waals surface area contributed by atoms with Gasteiger partial charge in [-0.05, 0) is 25.0 Å². The molecule has 1 aromatic rings. The molecule has 1 atom stereocenters. The minimum atomic E-state index is -0.676. The number of hydrogen-bond donors (Lipinski definition) is 0. The minimum absolute atomic E-state index is 0.00555. The number of rotatable bonds is 3. The number of carbonyl (C=O) groups excluding carboxylic acids is 1. The number of carbonyl (C=O) groups is 1. The zero-order valence-corrected chi connectivity index (χ0v) is 10.6. The number of nitrogens with zero attached hydrogens (tertiary/aromatic N) is 1. The van der Waals surface area contributed by atoms with Gasteiger partial charge >= 0.3 is 0 Å². The number of amides is 1. The molecule has 98 valence electrons. The zero-order valence-electron chi connectivity index (χ0n) is 9.83. The molecule has 1 amide bonds. The van der Waals surface area contributed by atoms with E-state index in [4.69, 9.17) is 11.6 Å². The average molecular weight is 274 g/mol. The van der Waals surface area contributed by atoms with Gasteiger partial charge in [-0.2, -0.15) is 0 Å². The molecule has 18 heavy (non-hydrogen) atoms. The smallest absolute Gasteiger partial charge is 0.227 e. The second-order valence-corrected chi connectivity index (χ2v) is 4.72.